The number of nitrogens with zero attached hydrogens (tertiary/aromatic N) is 1. The molecule has 0 aliphatic heterocycles. The second-order valence-corrected chi connectivity index (χ2v) is 6.26. The van der Waals surface area contributed by atoms with Crippen LogP contribution in [0.2, 0.25) is 0 Å². The number of pyridine rings is 1. The summed E-state index contributed by atoms with van der Waals surface area (Å²) >= 11 is 0. The topological polar surface area (TPSA) is 61.5 Å². The van der Waals surface area contributed by atoms with E-state index in [-0.39, 0.29) is 17.3 Å². The van der Waals surface area contributed by atoms with Crippen molar-refractivity contribution in [3.8, 4) is 11.1 Å². The van der Waals surface area contributed by atoms with Gasteiger partial charge in [-0.3, -0.25) is 9.89 Å². The van der Waals surface area contributed by atoms with Gasteiger partial charge in [-0.1, -0.05) is 26.0 Å². The van der Waals surface area contributed by atoms with Gasteiger partial charge < -0.3 is 4.98 Å². The van der Waals surface area contributed by atoms with E-state index in [4.69, 9.17) is 0 Å². The second-order valence-electron chi connectivity index (χ2n) is 6.26. The Kier molecular flexibility index (Phi) is 3.23. The van der Waals surface area contributed by atoms with Gasteiger partial charge in [0.25, 0.3) is 5.56 Å². The first-order chi connectivity index (χ1) is 11.5. The van der Waals surface area contributed by atoms with Crippen LogP contribution in [0, 0.1) is 5.82 Å². The first kappa shape index (κ1) is 14.6. The minimum Gasteiger partial charge on any atom is -0.325 e. The van der Waals surface area contributed by atoms with Crippen molar-refractivity contribution >= 4 is 21.7 Å². The molecule has 24 heavy (non-hydrogen) atoms. The molecule has 0 saturated carbocycles. The summed E-state index contributed by atoms with van der Waals surface area (Å²) in [6, 6.07) is 10.1. The number of nitrogens with one attached hydrogen (secondary N) is 2. The summed E-state index contributed by atoms with van der Waals surface area (Å²) in [5.41, 5.74) is 3.35. The Labute approximate surface area is 137 Å². The molecular weight excluding hydrogens is 305 g/mol. The van der Waals surface area contributed by atoms with Crippen molar-refractivity contribution in [1.29, 1.82) is 0 Å². The van der Waals surface area contributed by atoms with E-state index in [0.29, 0.717) is 5.39 Å². The molecule has 0 aliphatic carbocycles. The number of hydrogen-bond donors (Lipinski definition) is 2. The predicted molar refractivity (Wildman–Crippen MR) is 93.7 cm³/mol. The van der Waals surface area contributed by atoms with Crippen molar-refractivity contribution in [1.82, 2.24) is 15.2 Å². The van der Waals surface area contributed by atoms with E-state index < -0.39 is 0 Å². The first-order valence-corrected chi connectivity index (χ1v) is 7.83. The first-order valence-electron chi connectivity index (χ1n) is 7.83. The molecule has 0 atom stereocenters. The van der Waals surface area contributed by atoms with Crippen LogP contribution < -0.4 is 5.56 Å². The van der Waals surface area contributed by atoms with Gasteiger partial charge in [-0.15, -0.1) is 0 Å². The van der Waals surface area contributed by atoms with Crippen LogP contribution in [0.5, 0.6) is 0 Å². The maximum Gasteiger partial charge on any atom is 0.256 e. The van der Waals surface area contributed by atoms with Crippen molar-refractivity contribution in [3.63, 3.8) is 0 Å². The minimum atomic E-state index is -0.282. The number of aromatic nitrogens is 3. The highest BCUT2D eigenvalue weighted by molar-refractivity contribution is 6.04. The Hall–Kier alpha value is -2.95. The third-order valence-electron chi connectivity index (χ3n) is 4.32. The molecule has 0 amide bonds. The Bertz CT molecular complexity index is 1110. The molecule has 0 spiro atoms. The average Bonchev–Trinajstić information content (AvgIpc) is 3.01. The number of benzene rings is 2. The van der Waals surface area contributed by atoms with Crippen LogP contribution in [0.1, 0.15) is 25.5 Å². The highest BCUT2D eigenvalue weighted by Crippen LogP contribution is 2.34. The van der Waals surface area contributed by atoms with E-state index in [1.807, 2.05) is 26.0 Å². The molecule has 0 bridgehead atoms. The number of fused-ring (bicyclic) bond motifs is 2. The van der Waals surface area contributed by atoms with Gasteiger partial charge in [-0.2, -0.15) is 5.10 Å². The lowest BCUT2D eigenvalue weighted by atomic mass is 9.92. The summed E-state index contributed by atoms with van der Waals surface area (Å²) in [5.74, 6) is -0.155. The third kappa shape index (κ3) is 2.21. The Morgan fingerprint density at radius 2 is 1.83 bits per heavy atom. The highest BCUT2D eigenvalue weighted by Gasteiger charge is 2.17. The normalized spacial score (nSPS) is 11.7. The zero-order valence-electron chi connectivity index (χ0n) is 13.4. The summed E-state index contributed by atoms with van der Waals surface area (Å²) < 4.78 is 13.3. The van der Waals surface area contributed by atoms with E-state index in [1.165, 1.54) is 12.1 Å². The van der Waals surface area contributed by atoms with Gasteiger partial charge in [0.15, 0.2) is 0 Å². The highest BCUT2D eigenvalue weighted by atomic mass is 19.1. The number of aromatic amines is 2. The lowest BCUT2D eigenvalue weighted by molar-refractivity contribution is 0.628. The fourth-order valence-corrected chi connectivity index (χ4v) is 3.14. The summed E-state index contributed by atoms with van der Waals surface area (Å²) in [6.45, 7) is 4.06. The molecule has 4 aromatic rings. The summed E-state index contributed by atoms with van der Waals surface area (Å²) in [5, 5.41) is 9.31. The van der Waals surface area contributed by atoms with E-state index in [2.05, 4.69) is 15.2 Å². The van der Waals surface area contributed by atoms with Crippen molar-refractivity contribution < 1.29 is 4.39 Å². The quantitative estimate of drug-likeness (QED) is 0.577. The Morgan fingerprint density at radius 3 is 2.54 bits per heavy atom. The SMILES string of the molecule is CC(C)c1[nH]c(=O)c2cc3[nH]ncc3cc2c1-c1ccc(F)cc1. The lowest BCUT2D eigenvalue weighted by Crippen LogP contribution is -2.12. The van der Waals surface area contributed by atoms with Crippen LogP contribution in [0.15, 0.2) is 47.4 Å². The van der Waals surface area contributed by atoms with Gasteiger partial charge in [0, 0.05) is 22.0 Å². The van der Waals surface area contributed by atoms with Gasteiger partial charge in [0.1, 0.15) is 5.82 Å². The zero-order chi connectivity index (χ0) is 16.8. The van der Waals surface area contributed by atoms with Crippen LogP contribution in [0.4, 0.5) is 4.39 Å². The zero-order valence-corrected chi connectivity index (χ0v) is 13.4. The molecule has 0 aliphatic rings. The summed E-state index contributed by atoms with van der Waals surface area (Å²) in [4.78, 5) is 15.6. The summed E-state index contributed by atoms with van der Waals surface area (Å²) in [7, 11) is 0. The number of rotatable bonds is 2. The van der Waals surface area contributed by atoms with E-state index >= 15 is 0 Å². The van der Waals surface area contributed by atoms with Crippen molar-refractivity contribution in [2.24, 2.45) is 0 Å². The van der Waals surface area contributed by atoms with Crippen LogP contribution in [0.3, 0.4) is 0 Å². The molecule has 5 heteroatoms. The van der Waals surface area contributed by atoms with E-state index in [1.54, 1.807) is 18.3 Å². The lowest BCUT2D eigenvalue weighted by Gasteiger charge is -2.16. The van der Waals surface area contributed by atoms with Gasteiger partial charge in [0.2, 0.25) is 0 Å². The molecular formula is C19H16FN3O. The fourth-order valence-electron chi connectivity index (χ4n) is 3.14. The van der Waals surface area contributed by atoms with Crippen LogP contribution in [-0.2, 0) is 0 Å². The Morgan fingerprint density at radius 1 is 1.08 bits per heavy atom. The largest absolute Gasteiger partial charge is 0.325 e. The number of halogens is 1. The minimum absolute atomic E-state index is 0.127. The monoisotopic (exact) mass is 321 g/mol. The molecule has 2 aromatic carbocycles. The smallest absolute Gasteiger partial charge is 0.256 e. The van der Waals surface area contributed by atoms with E-state index in [9.17, 15) is 9.18 Å². The molecule has 0 radical (unpaired) electrons. The molecule has 0 fully saturated rings. The van der Waals surface area contributed by atoms with Crippen LogP contribution in [0.25, 0.3) is 32.8 Å². The van der Waals surface area contributed by atoms with Gasteiger partial charge in [0.05, 0.1) is 11.7 Å². The average molecular weight is 321 g/mol. The number of hydrogen-bond acceptors (Lipinski definition) is 2. The van der Waals surface area contributed by atoms with E-state index in [0.717, 1.165) is 33.1 Å². The molecule has 2 N–H and O–H groups in total. The maximum atomic E-state index is 13.3. The third-order valence-corrected chi connectivity index (χ3v) is 4.32. The fraction of sp³-hybridized carbons (Fsp3) is 0.158. The van der Waals surface area contributed by atoms with Crippen molar-refractivity contribution in [2.75, 3.05) is 0 Å². The molecule has 2 heterocycles. The Balaban J connectivity index is 2.18. The molecule has 0 saturated heterocycles. The molecule has 4 nitrogen and oxygen atoms in total. The maximum absolute atomic E-state index is 13.3. The summed E-state index contributed by atoms with van der Waals surface area (Å²) in [6.07, 6.45) is 1.74. The molecule has 120 valence electrons. The van der Waals surface area contributed by atoms with Gasteiger partial charge in [-0.05, 0) is 41.1 Å². The van der Waals surface area contributed by atoms with Crippen LogP contribution in [-0.4, -0.2) is 15.2 Å². The molecule has 4 rings (SSSR count). The molecule has 2 aromatic heterocycles. The van der Waals surface area contributed by atoms with Gasteiger partial charge >= 0.3 is 0 Å². The van der Waals surface area contributed by atoms with Gasteiger partial charge in [-0.25, -0.2) is 4.39 Å². The van der Waals surface area contributed by atoms with Crippen LogP contribution >= 0.6 is 0 Å². The number of H-pyrrole nitrogens is 2. The van der Waals surface area contributed by atoms with Crippen molar-refractivity contribution in [3.05, 3.63) is 64.5 Å². The van der Waals surface area contributed by atoms with Crippen molar-refractivity contribution in [2.45, 2.75) is 19.8 Å². The standard InChI is InChI=1S/C19H16FN3O/c1-10(2)18-17(11-3-5-13(20)6-4-11)14-7-12-9-21-23-16(12)8-15(14)19(24)22-18/h3-10H,1-2H3,(H,21,23)(H,22,24). The second kappa shape index (κ2) is 5.30. The predicted octanol–water partition coefficient (Wildman–Crippen LogP) is 4.33. The molecule has 0 unspecified atom stereocenters.